The fourth-order valence-electron chi connectivity index (χ4n) is 1.65. The van der Waals surface area contributed by atoms with Gasteiger partial charge in [-0.05, 0) is 19.3 Å². The molecule has 72 valence electrons. The lowest BCUT2D eigenvalue weighted by atomic mass is 9.74. The second-order valence-electron chi connectivity index (χ2n) is 4.15. The number of rotatable bonds is 3. The zero-order valence-corrected chi connectivity index (χ0v) is 7.19. The topological polar surface area (TPSA) is 46.2 Å². The standard InChI is InChI=1S/C8H15F2NO/c1-7(11,5-12)2-6-3-8(9,10)4-6/h6,12H,2-5,11H2,1H3. The Kier molecular flexibility index (Phi) is 2.40. The first-order valence-corrected chi connectivity index (χ1v) is 4.12. The summed E-state index contributed by atoms with van der Waals surface area (Å²) in [5.74, 6) is -2.49. The van der Waals surface area contributed by atoms with Crippen LogP contribution in [-0.2, 0) is 0 Å². The summed E-state index contributed by atoms with van der Waals surface area (Å²) in [6, 6.07) is 0. The summed E-state index contributed by atoms with van der Waals surface area (Å²) in [7, 11) is 0. The van der Waals surface area contributed by atoms with Crippen molar-refractivity contribution >= 4 is 0 Å². The maximum Gasteiger partial charge on any atom is 0.248 e. The first-order valence-electron chi connectivity index (χ1n) is 4.12. The van der Waals surface area contributed by atoms with Crippen molar-refractivity contribution in [3.63, 3.8) is 0 Å². The Balaban J connectivity index is 2.27. The van der Waals surface area contributed by atoms with Crippen LogP contribution in [-0.4, -0.2) is 23.2 Å². The Morgan fingerprint density at radius 3 is 2.42 bits per heavy atom. The molecule has 0 saturated heterocycles. The Morgan fingerprint density at radius 1 is 1.58 bits per heavy atom. The molecule has 0 amide bonds. The van der Waals surface area contributed by atoms with E-state index in [-0.39, 0.29) is 25.4 Å². The zero-order valence-electron chi connectivity index (χ0n) is 7.19. The maximum absolute atomic E-state index is 12.4. The predicted octanol–water partition coefficient (Wildman–Crippen LogP) is 1.13. The van der Waals surface area contributed by atoms with Crippen molar-refractivity contribution in [2.75, 3.05) is 6.61 Å². The molecular formula is C8H15F2NO. The van der Waals surface area contributed by atoms with Gasteiger partial charge in [-0.25, -0.2) is 8.78 Å². The number of aliphatic hydroxyl groups is 1. The van der Waals surface area contributed by atoms with E-state index in [9.17, 15) is 8.78 Å². The first-order chi connectivity index (χ1) is 5.35. The van der Waals surface area contributed by atoms with Crippen LogP contribution in [0.2, 0.25) is 0 Å². The van der Waals surface area contributed by atoms with Crippen molar-refractivity contribution < 1.29 is 13.9 Å². The lowest BCUT2D eigenvalue weighted by Gasteiger charge is -2.38. The third-order valence-electron chi connectivity index (χ3n) is 2.29. The molecule has 3 N–H and O–H groups in total. The number of nitrogens with two attached hydrogens (primary N) is 1. The van der Waals surface area contributed by atoms with Gasteiger partial charge in [0, 0.05) is 18.4 Å². The Bertz CT molecular complexity index is 162. The van der Waals surface area contributed by atoms with E-state index in [0.717, 1.165) is 0 Å². The van der Waals surface area contributed by atoms with Crippen LogP contribution in [0.15, 0.2) is 0 Å². The van der Waals surface area contributed by atoms with Gasteiger partial charge in [0.2, 0.25) is 5.92 Å². The number of hydrogen-bond donors (Lipinski definition) is 2. The van der Waals surface area contributed by atoms with Crippen LogP contribution in [0.4, 0.5) is 8.78 Å². The van der Waals surface area contributed by atoms with Crippen molar-refractivity contribution in [3.05, 3.63) is 0 Å². The molecule has 0 heterocycles. The van der Waals surface area contributed by atoms with Gasteiger partial charge in [-0.15, -0.1) is 0 Å². The van der Waals surface area contributed by atoms with Crippen molar-refractivity contribution in [1.82, 2.24) is 0 Å². The minimum absolute atomic E-state index is 0.0119. The first kappa shape index (κ1) is 9.86. The van der Waals surface area contributed by atoms with E-state index in [0.29, 0.717) is 6.42 Å². The summed E-state index contributed by atoms with van der Waals surface area (Å²) in [6.07, 6.45) is 0.346. The molecule has 1 aliphatic carbocycles. The number of halogens is 2. The molecule has 1 fully saturated rings. The second kappa shape index (κ2) is 2.92. The smallest absolute Gasteiger partial charge is 0.248 e. The molecule has 4 heteroatoms. The van der Waals surface area contributed by atoms with Gasteiger partial charge in [0.05, 0.1) is 6.61 Å². The van der Waals surface area contributed by atoms with Crippen LogP contribution in [0, 0.1) is 5.92 Å². The Morgan fingerprint density at radius 2 is 2.08 bits per heavy atom. The molecule has 12 heavy (non-hydrogen) atoms. The molecule has 2 nitrogen and oxygen atoms in total. The fourth-order valence-corrected chi connectivity index (χ4v) is 1.65. The van der Waals surface area contributed by atoms with Crippen LogP contribution in [0.5, 0.6) is 0 Å². The molecule has 0 aromatic rings. The van der Waals surface area contributed by atoms with E-state index in [1.165, 1.54) is 0 Å². The third kappa shape index (κ3) is 2.38. The lowest BCUT2D eigenvalue weighted by molar-refractivity contribution is -0.117. The zero-order chi connectivity index (χ0) is 9.41. The summed E-state index contributed by atoms with van der Waals surface area (Å²) >= 11 is 0. The van der Waals surface area contributed by atoms with Gasteiger partial charge in [-0.1, -0.05) is 0 Å². The molecule has 0 aliphatic heterocycles. The Hall–Kier alpha value is -0.220. The number of aliphatic hydroxyl groups excluding tert-OH is 1. The van der Waals surface area contributed by atoms with E-state index < -0.39 is 11.5 Å². The molecule has 0 radical (unpaired) electrons. The SMILES string of the molecule is CC(N)(CO)CC1CC(F)(F)C1. The van der Waals surface area contributed by atoms with Gasteiger partial charge in [-0.2, -0.15) is 0 Å². The summed E-state index contributed by atoms with van der Waals surface area (Å²) < 4.78 is 24.7. The van der Waals surface area contributed by atoms with Gasteiger partial charge in [0.25, 0.3) is 0 Å². The predicted molar refractivity (Wildman–Crippen MR) is 42.0 cm³/mol. The molecule has 0 aromatic carbocycles. The van der Waals surface area contributed by atoms with Gasteiger partial charge >= 0.3 is 0 Å². The summed E-state index contributed by atoms with van der Waals surface area (Å²) in [4.78, 5) is 0. The van der Waals surface area contributed by atoms with Crippen molar-refractivity contribution in [1.29, 1.82) is 0 Å². The van der Waals surface area contributed by atoms with Gasteiger partial charge in [0.1, 0.15) is 0 Å². The van der Waals surface area contributed by atoms with Crippen LogP contribution < -0.4 is 5.73 Å². The van der Waals surface area contributed by atoms with Gasteiger partial charge in [0.15, 0.2) is 0 Å². The summed E-state index contributed by atoms with van der Waals surface area (Å²) in [6.45, 7) is 1.54. The minimum Gasteiger partial charge on any atom is -0.394 e. The average molecular weight is 179 g/mol. The normalized spacial score (nSPS) is 27.8. The molecule has 1 rings (SSSR count). The fraction of sp³-hybridized carbons (Fsp3) is 1.00. The molecule has 1 atom stereocenters. The van der Waals surface area contributed by atoms with E-state index in [2.05, 4.69) is 0 Å². The number of alkyl halides is 2. The highest BCUT2D eigenvalue weighted by Gasteiger charge is 2.46. The van der Waals surface area contributed by atoms with E-state index in [1.54, 1.807) is 6.92 Å². The second-order valence-corrected chi connectivity index (χ2v) is 4.15. The highest BCUT2D eigenvalue weighted by atomic mass is 19.3. The summed E-state index contributed by atoms with van der Waals surface area (Å²) in [5.41, 5.74) is 4.93. The largest absolute Gasteiger partial charge is 0.394 e. The third-order valence-corrected chi connectivity index (χ3v) is 2.29. The molecular weight excluding hydrogens is 164 g/mol. The maximum atomic E-state index is 12.4. The van der Waals surface area contributed by atoms with Crippen molar-refractivity contribution in [3.8, 4) is 0 Å². The number of hydrogen-bond acceptors (Lipinski definition) is 2. The molecule has 0 aromatic heterocycles. The van der Waals surface area contributed by atoms with Gasteiger partial charge in [-0.3, -0.25) is 0 Å². The van der Waals surface area contributed by atoms with Gasteiger partial charge < -0.3 is 10.8 Å². The molecule has 0 bridgehead atoms. The van der Waals surface area contributed by atoms with E-state index in [4.69, 9.17) is 10.8 Å². The van der Waals surface area contributed by atoms with Crippen molar-refractivity contribution in [2.45, 2.75) is 37.6 Å². The summed E-state index contributed by atoms with van der Waals surface area (Å²) in [5, 5.41) is 8.78. The van der Waals surface area contributed by atoms with Crippen LogP contribution in [0.1, 0.15) is 26.2 Å². The van der Waals surface area contributed by atoms with Crippen molar-refractivity contribution in [2.24, 2.45) is 11.7 Å². The van der Waals surface area contributed by atoms with Crippen LogP contribution >= 0.6 is 0 Å². The Labute approximate surface area is 70.8 Å². The van der Waals surface area contributed by atoms with Crippen LogP contribution in [0.3, 0.4) is 0 Å². The van der Waals surface area contributed by atoms with Crippen LogP contribution in [0.25, 0.3) is 0 Å². The monoisotopic (exact) mass is 179 g/mol. The molecule has 0 spiro atoms. The quantitative estimate of drug-likeness (QED) is 0.682. The average Bonchev–Trinajstić information content (AvgIpc) is 1.83. The van der Waals surface area contributed by atoms with E-state index >= 15 is 0 Å². The minimum atomic E-state index is -2.48. The molecule has 1 unspecified atom stereocenters. The highest BCUT2D eigenvalue weighted by molar-refractivity contribution is 4.92. The molecule has 1 aliphatic rings. The van der Waals surface area contributed by atoms with E-state index in [1.807, 2.05) is 0 Å². The lowest BCUT2D eigenvalue weighted by Crippen LogP contribution is -2.46. The highest BCUT2D eigenvalue weighted by Crippen LogP contribution is 2.45. The molecule has 1 saturated carbocycles.